The first-order valence-electron chi connectivity index (χ1n) is 10.5. The summed E-state index contributed by atoms with van der Waals surface area (Å²) in [5, 5.41) is 0. The molecule has 0 aliphatic heterocycles. The molecule has 0 fully saturated rings. The van der Waals surface area contributed by atoms with E-state index in [9.17, 15) is 22.4 Å². The molecule has 0 aliphatic rings. The minimum atomic E-state index is -3.93. The van der Waals surface area contributed by atoms with Crippen LogP contribution in [0.3, 0.4) is 0 Å². The van der Waals surface area contributed by atoms with E-state index >= 15 is 0 Å². The molecule has 9 nitrogen and oxygen atoms in total. The Morgan fingerprint density at radius 2 is 1.53 bits per heavy atom. The van der Waals surface area contributed by atoms with E-state index in [-0.39, 0.29) is 24.5 Å². The number of amides is 1. The van der Waals surface area contributed by atoms with Gasteiger partial charge in [0.05, 0.1) is 31.8 Å². The molecular weight excluding hydrogens is 467 g/mol. The van der Waals surface area contributed by atoms with Crippen molar-refractivity contribution in [3.63, 3.8) is 0 Å². The summed E-state index contributed by atoms with van der Waals surface area (Å²) in [7, 11) is 0.162. The van der Waals surface area contributed by atoms with Crippen molar-refractivity contribution < 1.29 is 36.6 Å². The van der Waals surface area contributed by atoms with Gasteiger partial charge in [0.1, 0.15) is 23.9 Å². The Labute approximate surface area is 199 Å². The van der Waals surface area contributed by atoms with Crippen LogP contribution in [0.25, 0.3) is 0 Å². The van der Waals surface area contributed by atoms with Crippen LogP contribution in [0.2, 0.25) is 0 Å². The average Bonchev–Trinajstić information content (AvgIpc) is 2.83. The molecule has 2 rings (SSSR count). The first-order valence-corrected chi connectivity index (χ1v) is 11.9. The number of carbonyl (C=O) groups is 2. The van der Waals surface area contributed by atoms with E-state index in [4.69, 9.17) is 9.47 Å². The van der Waals surface area contributed by atoms with Crippen LogP contribution < -0.4 is 9.47 Å². The SMILES string of the molecule is CCN(CC)S(=O)(=O)c1ccc(F)c(C(=O)N(CC(=O)OC)Cc2cc(OC)cc(OC)c2)c1. The van der Waals surface area contributed by atoms with Gasteiger partial charge in [-0.2, -0.15) is 4.31 Å². The van der Waals surface area contributed by atoms with Crippen molar-refractivity contribution in [2.75, 3.05) is 41.0 Å². The molecule has 0 spiro atoms. The van der Waals surface area contributed by atoms with Gasteiger partial charge in [0, 0.05) is 25.7 Å². The van der Waals surface area contributed by atoms with E-state index in [2.05, 4.69) is 4.74 Å². The number of ether oxygens (including phenoxy) is 3. The Kier molecular flexibility index (Phi) is 9.39. The Hall–Kier alpha value is -3.18. The predicted molar refractivity (Wildman–Crippen MR) is 123 cm³/mol. The van der Waals surface area contributed by atoms with Crippen molar-refractivity contribution in [2.45, 2.75) is 25.3 Å². The van der Waals surface area contributed by atoms with Crippen LogP contribution in [0.15, 0.2) is 41.3 Å². The topological polar surface area (TPSA) is 102 Å². The quantitative estimate of drug-likeness (QED) is 0.441. The van der Waals surface area contributed by atoms with Gasteiger partial charge in [0.25, 0.3) is 5.91 Å². The summed E-state index contributed by atoms with van der Waals surface area (Å²) in [6.07, 6.45) is 0. The number of halogens is 1. The van der Waals surface area contributed by atoms with Gasteiger partial charge in [-0.3, -0.25) is 9.59 Å². The van der Waals surface area contributed by atoms with Gasteiger partial charge in [0.2, 0.25) is 10.0 Å². The molecule has 0 radical (unpaired) electrons. The number of benzene rings is 2. The average molecular weight is 497 g/mol. The normalized spacial score (nSPS) is 11.3. The molecule has 0 saturated carbocycles. The highest BCUT2D eigenvalue weighted by Crippen LogP contribution is 2.25. The zero-order chi connectivity index (χ0) is 25.5. The van der Waals surface area contributed by atoms with E-state index in [1.165, 1.54) is 18.5 Å². The lowest BCUT2D eigenvalue weighted by Gasteiger charge is -2.23. The third-order valence-electron chi connectivity index (χ3n) is 5.13. The second-order valence-electron chi connectivity index (χ2n) is 7.19. The van der Waals surface area contributed by atoms with Gasteiger partial charge in [0.15, 0.2) is 0 Å². The summed E-state index contributed by atoms with van der Waals surface area (Å²) in [5.41, 5.74) is 0.0628. The van der Waals surface area contributed by atoms with Crippen LogP contribution in [-0.4, -0.2) is 70.5 Å². The maximum absolute atomic E-state index is 14.7. The van der Waals surface area contributed by atoms with Gasteiger partial charge in [-0.25, -0.2) is 12.8 Å². The summed E-state index contributed by atoms with van der Waals surface area (Å²) < 4.78 is 56.8. The maximum atomic E-state index is 14.7. The fourth-order valence-electron chi connectivity index (χ4n) is 3.31. The fourth-order valence-corrected chi connectivity index (χ4v) is 4.79. The third-order valence-corrected chi connectivity index (χ3v) is 7.18. The van der Waals surface area contributed by atoms with E-state index in [1.807, 2.05) is 0 Å². The van der Waals surface area contributed by atoms with Crippen LogP contribution in [0, 0.1) is 5.82 Å². The summed E-state index contributed by atoms with van der Waals surface area (Å²) in [4.78, 5) is 26.2. The van der Waals surface area contributed by atoms with Crippen molar-refractivity contribution >= 4 is 21.9 Å². The van der Waals surface area contributed by atoms with Crippen LogP contribution in [-0.2, 0) is 26.1 Å². The highest BCUT2D eigenvalue weighted by Gasteiger charge is 2.27. The maximum Gasteiger partial charge on any atom is 0.325 e. The molecule has 2 aromatic rings. The molecule has 0 atom stereocenters. The number of nitrogens with zero attached hydrogens (tertiary/aromatic N) is 2. The third kappa shape index (κ3) is 6.23. The highest BCUT2D eigenvalue weighted by molar-refractivity contribution is 7.89. The van der Waals surface area contributed by atoms with Crippen molar-refractivity contribution in [3.8, 4) is 11.5 Å². The summed E-state index contributed by atoms with van der Waals surface area (Å²) >= 11 is 0. The largest absolute Gasteiger partial charge is 0.497 e. The van der Waals surface area contributed by atoms with Crippen molar-refractivity contribution in [1.82, 2.24) is 9.21 Å². The first kappa shape index (κ1) is 27.1. The second-order valence-corrected chi connectivity index (χ2v) is 9.13. The van der Waals surface area contributed by atoms with Crippen molar-refractivity contribution in [1.29, 1.82) is 0 Å². The molecular formula is C23H29FN2O7S. The monoisotopic (exact) mass is 496 g/mol. The number of methoxy groups -OCH3 is 3. The molecule has 0 saturated heterocycles. The fraction of sp³-hybridized carbons (Fsp3) is 0.391. The molecule has 0 bridgehead atoms. The van der Waals surface area contributed by atoms with Gasteiger partial charge in [-0.15, -0.1) is 0 Å². The van der Waals surface area contributed by atoms with Crippen LogP contribution in [0.4, 0.5) is 4.39 Å². The molecule has 0 N–H and O–H groups in total. The lowest BCUT2D eigenvalue weighted by Crippen LogP contribution is -2.36. The molecule has 1 amide bonds. The minimum Gasteiger partial charge on any atom is -0.497 e. The van der Waals surface area contributed by atoms with Crippen LogP contribution >= 0.6 is 0 Å². The molecule has 186 valence electrons. The molecule has 34 heavy (non-hydrogen) atoms. The van der Waals surface area contributed by atoms with Crippen molar-refractivity contribution in [2.24, 2.45) is 0 Å². The number of hydrogen-bond donors (Lipinski definition) is 0. The molecule has 11 heteroatoms. The summed E-state index contributed by atoms with van der Waals surface area (Å²) in [5.74, 6) is -1.60. The molecule has 0 aromatic heterocycles. The van der Waals surface area contributed by atoms with Crippen molar-refractivity contribution in [3.05, 3.63) is 53.3 Å². The van der Waals surface area contributed by atoms with E-state index in [0.29, 0.717) is 17.1 Å². The van der Waals surface area contributed by atoms with Gasteiger partial charge >= 0.3 is 5.97 Å². The number of sulfonamides is 1. The Bertz CT molecular complexity index is 1110. The Balaban J connectivity index is 2.51. The summed E-state index contributed by atoms with van der Waals surface area (Å²) in [6.45, 7) is 3.18. The second kappa shape index (κ2) is 11.8. The number of rotatable bonds is 11. The van der Waals surface area contributed by atoms with Gasteiger partial charge < -0.3 is 19.1 Å². The van der Waals surface area contributed by atoms with Crippen LogP contribution in [0.1, 0.15) is 29.8 Å². The Morgan fingerprint density at radius 1 is 0.941 bits per heavy atom. The standard InChI is InChI=1S/C23H29FN2O7S/c1-6-26(7-2)34(29,30)19-8-9-21(24)20(13-19)23(28)25(15-22(27)33-5)14-16-10-17(31-3)12-18(11-16)32-4/h8-13H,6-7,14-15H2,1-5H3. The molecule has 0 aliphatic carbocycles. The highest BCUT2D eigenvalue weighted by atomic mass is 32.2. The zero-order valence-corrected chi connectivity index (χ0v) is 20.6. The number of hydrogen-bond acceptors (Lipinski definition) is 7. The minimum absolute atomic E-state index is 0.117. The van der Waals surface area contributed by atoms with Crippen LogP contribution in [0.5, 0.6) is 11.5 Å². The number of carbonyl (C=O) groups excluding carboxylic acids is 2. The smallest absolute Gasteiger partial charge is 0.325 e. The van der Waals surface area contributed by atoms with E-state index in [0.717, 1.165) is 30.2 Å². The van der Waals surface area contributed by atoms with E-state index in [1.54, 1.807) is 32.0 Å². The van der Waals surface area contributed by atoms with E-state index < -0.39 is 39.8 Å². The lowest BCUT2D eigenvalue weighted by atomic mass is 10.1. The predicted octanol–water partition coefficient (Wildman–Crippen LogP) is 2.69. The van der Waals surface area contributed by atoms with Gasteiger partial charge in [-0.05, 0) is 35.9 Å². The first-order chi connectivity index (χ1) is 16.1. The molecule has 2 aromatic carbocycles. The number of esters is 1. The Morgan fingerprint density at radius 3 is 2.03 bits per heavy atom. The van der Waals surface area contributed by atoms with Gasteiger partial charge in [-0.1, -0.05) is 13.8 Å². The lowest BCUT2D eigenvalue weighted by molar-refractivity contribution is -0.141. The summed E-state index contributed by atoms with van der Waals surface area (Å²) in [6, 6.07) is 7.93. The molecule has 0 unspecified atom stereocenters. The zero-order valence-electron chi connectivity index (χ0n) is 19.8. The molecule has 0 heterocycles.